The number of nitrogens with zero attached hydrogens (tertiary/aromatic N) is 4. The first-order chi connectivity index (χ1) is 14.1. The van der Waals surface area contributed by atoms with Crippen LogP contribution in [0, 0.1) is 12.8 Å². The third kappa shape index (κ3) is 4.56. The van der Waals surface area contributed by atoms with Gasteiger partial charge in [0, 0.05) is 43.3 Å². The number of hydrogen-bond donors (Lipinski definition) is 2. The van der Waals surface area contributed by atoms with Gasteiger partial charge in [0.1, 0.15) is 0 Å². The normalized spacial score (nSPS) is 17.4. The fourth-order valence-electron chi connectivity index (χ4n) is 3.92. The van der Waals surface area contributed by atoms with E-state index in [2.05, 4.69) is 45.6 Å². The van der Waals surface area contributed by atoms with Gasteiger partial charge >= 0.3 is 0 Å². The smallest absolute Gasteiger partial charge is 0.228 e. The first-order valence-electron chi connectivity index (χ1n) is 10.3. The molecule has 7 heteroatoms. The van der Waals surface area contributed by atoms with Crippen LogP contribution in [-0.4, -0.2) is 43.9 Å². The third-order valence-corrected chi connectivity index (χ3v) is 5.61. The van der Waals surface area contributed by atoms with Gasteiger partial charge in [0.15, 0.2) is 0 Å². The second kappa shape index (κ2) is 8.61. The van der Waals surface area contributed by atoms with Crippen molar-refractivity contribution in [1.29, 1.82) is 0 Å². The van der Waals surface area contributed by atoms with Crippen molar-refractivity contribution in [2.24, 2.45) is 5.92 Å². The van der Waals surface area contributed by atoms with Gasteiger partial charge in [-0.2, -0.15) is 10.2 Å². The second-order valence-electron chi connectivity index (χ2n) is 7.71. The van der Waals surface area contributed by atoms with E-state index in [1.165, 1.54) is 5.56 Å². The number of carbonyl (C=O) groups is 1. The number of carbonyl (C=O) groups excluding carboxylic acids is 1. The maximum Gasteiger partial charge on any atom is 0.228 e. The Morgan fingerprint density at radius 3 is 2.79 bits per heavy atom. The van der Waals surface area contributed by atoms with E-state index in [-0.39, 0.29) is 11.8 Å². The van der Waals surface area contributed by atoms with Crippen molar-refractivity contribution < 1.29 is 4.79 Å². The second-order valence-corrected chi connectivity index (χ2v) is 7.71. The molecule has 1 aromatic carbocycles. The minimum atomic E-state index is 0.0116. The summed E-state index contributed by atoms with van der Waals surface area (Å²) in [6, 6.07) is 9.79. The predicted octanol–water partition coefficient (Wildman–Crippen LogP) is 3.45. The van der Waals surface area contributed by atoms with Gasteiger partial charge in [-0.3, -0.25) is 19.5 Å². The molecule has 2 aromatic heterocycles. The highest BCUT2D eigenvalue weighted by Crippen LogP contribution is 2.23. The zero-order valence-electron chi connectivity index (χ0n) is 17.1. The van der Waals surface area contributed by atoms with E-state index < -0.39 is 0 Å². The number of rotatable bonds is 6. The molecule has 0 spiro atoms. The summed E-state index contributed by atoms with van der Waals surface area (Å²) in [7, 11) is 0. The molecule has 1 fully saturated rings. The highest BCUT2D eigenvalue weighted by molar-refractivity contribution is 5.93. The number of aromatic amines is 1. The quantitative estimate of drug-likeness (QED) is 0.673. The zero-order chi connectivity index (χ0) is 20.2. The lowest BCUT2D eigenvalue weighted by molar-refractivity contribution is -0.121. The summed E-state index contributed by atoms with van der Waals surface area (Å²) in [6.45, 7) is 7.70. The van der Waals surface area contributed by atoms with Crippen molar-refractivity contribution in [2.75, 3.05) is 18.4 Å². The van der Waals surface area contributed by atoms with Crippen molar-refractivity contribution >= 4 is 11.6 Å². The number of benzene rings is 1. The minimum absolute atomic E-state index is 0.0116. The van der Waals surface area contributed by atoms with Crippen molar-refractivity contribution in [2.45, 2.75) is 39.8 Å². The molecule has 1 saturated heterocycles. The molecule has 7 nitrogen and oxygen atoms in total. The van der Waals surface area contributed by atoms with Gasteiger partial charge in [-0.05, 0) is 57.0 Å². The van der Waals surface area contributed by atoms with Gasteiger partial charge in [-0.1, -0.05) is 12.1 Å². The molecule has 0 radical (unpaired) electrons. The Morgan fingerprint density at radius 2 is 2.10 bits per heavy atom. The van der Waals surface area contributed by atoms with E-state index in [0.29, 0.717) is 0 Å². The minimum Gasteiger partial charge on any atom is -0.326 e. The molecule has 1 amide bonds. The number of hydrogen-bond acceptors (Lipinski definition) is 4. The van der Waals surface area contributed by atoms with E-state index in [1.807, 2.05) is 35.0 Å². The fraction of sp³-hybridized carbons (Fsp3) is 0.409. The van der Waals surface area contributed by atoms with Gasteiger partial charge in [-0.25, -0.2) is 0 Å². The number of piperidine rings is 1. The van der Waals surface area contributed by atoms with E-state index in [0.717, 1.165) is 61.7 Å². The molecule has 1 atom stereocenters. The molecule has 29 heavy (non-hydrogen) atoms. The average Bonchev–Trinajstić information content (AvgIpc) is 3.39. The van der Waals surface area contributed by atoms with Gasteiger partial charge in [0.05, 0.1) is 17.3 Å². The maximum absolute atomic E-state index is 12.8. The lowest BCUT2D eigenvalue weighted by Crippen LogP contribution is -2.40. The number of nitrogens with one attached hydrogen (secondary N) is 2. The van der Waals surface area contributed by atoms with Crippen molar-refractivity contribution in [3.05, 3.63) is 54.0 Å². The summed E-state index contributed by atoms with van der Waals surface area (Å²) in [5, 5.41) is 14.5. The van der Waals surface area contributed by atoms with Gasteiger partial charge in [-0.15, -0.1) is 0 Å². The van der Waals surface area contributed by atoms with E-state index in [9.17, 15) is 4.79 Å². The largest absolute Gasteiger partial charge is 0.326 e. The molecule has 0 saturated carbocycles. The first-order valence-corrected chi connectivity index (χ1v) is 10.3. The van der Waals surface area contributed by atoms with Gasteiger partial charge in [0.2, 0.25) is 5.91 Å². The van der Waals surface area contributed by atoms with Crippen LogP contribution in [0.5, 0.6) is 0 Å². The van der Waals surface area contributed by atoms with Crippen molar-refractivity contribution in [1.82, 2.24) is 24.9 Å². The molecule has 1 aliphatic heterocycles. The van der Waals surface area contributed by atoms with E-state index in [1.54, 1.807) is 6.20 Å². The predicted molar refractivity (Wildman–Crippen MR) is 113 cm³/mol. The molecular weight excluding hydrogens is 364 g/mol. The molecule has 1 unspecified atom stereocenters. The van der Waals surface area contributed by atoms with Crippen LogP contribution in [0.3, 0.4) is 0 Å². The lowest BCUT2D eigenvalue weighted by atomic mass is 9.96. The number of anilines is 1. The van der Waals surface area contributed by atoms with Crippen LogP contribution in [0.1, 0.15) is 31.0 Å². The topological polar surface area (TPSA) is 78.8 Å². The van der Waals surface area contributed by atoms with Crippen LogP contribution in [-0.2, 0) is 17.9 Å². The Balaban J connectivity index is 1.35. The Hall–Kier alpha value is -2.93. The van der Waals surface area contributed by atoms with Crippen LogP contribution >= 0.6 is 0 Å². The summed E-state index contributed by atoms with van der Waals surface area (Å²) < 4.78 is 1.98. The maximum atomic E-state index is 12.8. The van der Waals surface area contributed by atoms with Gasteiger partial charge < -0.3 is 5.32 Å². The zero-order valence-corrected chi connectivity index (χ0v) is 17.1. The molecule has 0 bridgehead atoms. The lowest BCUT2D eigenvalue weighted by Gasteiger charge is -2.31. The highest BCUT2D eigenvalue weighted by Gasteiger charge is 2.26. The molecular formula is C22H28N6O. The molecule has 4 rings (SSSR count). The molecule has 3 heterocycles. The molecule has 3 aromatic rings. The summed E-state index contributed by atoms with van der Waals surface area (Å²) in [5.74, 6) is 0.113. The van der Waals surface area contributed by atoms with Gasteiger partial charge in [0.25, 0.3) is 0 Å². The molecule has 152 valence electrons. The number of amides is 1. The Morgan fingerprint density at radius 1 is 1.28 bits per heavy atom. The Labute approximate surface area is 171 Å². The molecule has 0 aliphatic carbocycles. The first kappa shape index (κ1) is 19.4. The number of aryl methyl sites for hydroxylation is 2. The average molecular weight is 393 g/mol. The monoisotopic (exact) mass is 392 g/mol. The van der Waals surface area contributed by atoms with Crippen LogP contribution in [0.15, 0.2) is 42.7 Å². The number of aromatic nitrogens is 4. The number of likely N-dealkylation sites (tertiary alicyclic amines) is 1. The fourth-order valence-corrected chi connectivity index (χ4v) is 3.92. The van der Waals surface area contributed by atoms with Crippen LogP contribution < -0.4 is 5.32 Å². The standard InChI is InChI=1S/C22H28N6O/c1-3-28-15-19(16(2)26-28)14-27-12-4-5-18(13-27)22(29)24-20-8-6-17(7-9-20)21-10-11-23-25-21/h6-11,15,18H,3-5,12-14H2,1-2H3,(H,23,25)(H,24,29). The van der Waals surface area contributed by atoms with E-state index >= 15 is 0 Å². The highest BCUT2D eigenvalue weighted by atomic mass is 16.1. The van der Waals surface area contributed by atoms with Crippen LogP contribution in [0.4, 0.5) is 5.69 Å². The third-order valence-electron chi connectivity index (χ3n) is 5.61. The molecule has 2 N–H and O–H groups in total. The Kier molecular flexibility index (Phi) is 5.76. The molecule has 1 aliphatic rings. The van der Waals surface area contributed by atoms with Crippen molar-refractivity contribution in [3.63, 3.8) is 0 Å². The summed E-state index contributed by atoms with van der Waals surface area (Å²) in [6.07, 6.45) is 5.83. The van der Waals surface area contributed by atoms with Crippen LogP contribution in [0.2, 0.25) is 0 Å². The Bertz CT molecular complexity index is 944. The van der Waals surface area contributed by atoms with Crippen molar-refractivity contribution in [3.8, 4) is 11.3 Å². The summed E-state index contributed by atoms with van der Waals surface area (Å²) in [4.78, 5) is 15.2. The van der Waals surface area contributed by atoms with Crippen LogP contribution in [0.25, 0.3) is 11.3 Å². The SMILES string of the molecule is CCn1cc(CN2CCCC(C(=O)Nc3ccc(-c4ccn[nH]4)cc3)C2)c(C)n1. The number of H-pyrrole nitrogens is 1. The van der Waals surface area contributed by atoms with E-state index in [4.69, 9.17) is 0 Å². The summed E-state index contributed by atoms with van der Waals surface area (Å²) in [5.41, 5.74) is 5.17. The summed E-state index contributed by atoms with van der Waals surface area (Å²) >= 11 is 0.